The average molecular weight is 319 g/mol. The van der Waals surface area contributed by atoms with Crippen LogP contribution < -0.4 is 5.32 Å². The van der Waals surface area contributed by atoms with Gasteiger partial charge in [0, 0.05) is 12.0 Å². The molecule has 6 nitrogen and oxygen atoms in total. The predicted octanol–water partition coefficient (Wildman–Crippen LogP) is 1.86. The van der Waals surface area contributed by atoms with Crippen molar-refractivity contribution in [1.29, 1.82) is 10.5 Å². The highest BCUT2D eigenvalue weighted by Gasteiger charge is 2.21. The third kappa shape index (κ3) is 4.19. The first kappa shape index (κ1) is 16.7. The molecule has 2 N–H and O–H groups in total. The molecular formula is C18H13N3O3. The van der Waals surface area contributed by atoms with Gasteiger partial charge in [-0.05, 0) is 42.0 Å². The monoisotopic (exact) mass is 319 g/mol. The molecule has 0 aliphatic rings. The Hall–Kier alpha value is -3.64. The largest absolute Gasteiger partial charge is 0.480 e. The van der Waals surface area contributed by atoms with E-state index in [9.17, 15) is 14.7 Å². The van der Waals surface area contributed by atoms with Crippen LogP contribution >= 0.6 is 0 Å². The lowest BCUT2D eigenvalue weighted by Gasteiger charge is -2.15. The number of carboxylic acids is 1. The van der Waals surface area contributed by atoms with Crippen LogP contribution in [0.2, 0.25) is 0 Å². The number of carboxylic acid groups (broad SMARTS) is 1. The summed E-state index contributed by atoms with van der Waals surface area (Å²) in [6.07, 6.45) is 0.100. The molecule has 1 atom stereocenters. The van der Waals surface area contributed by atoms with Gasteiger partial charge in [-0.3, -0.25) is 4.79 Å². The van der Waals surface area contributed by atoms with Gasteiger partial charge in [0.15, 0.2) is 0 Å². The van der Waals surface area contributed by atoms with Gasteiger partial charge in [-0.1, -0.05) is 12.1 Å². The first-order valence-electron chi connectivity index (χ1n) is 7.06. The normalized spacial score (nSPS) is 10.9. The average Bonchev–Trinajstić information content (AvgIpc) is 2.61. The van der Waals surface area contributed by atoms with E-state index in [0.29, 0.717) is 16.7 Å². The Bertz CT molecular complexity index is 828. The SMILES string of the molecule is N#Cc1ccc(C[C@@H](NC(=O)c2ccc(C#N)cc2)C(=O)O)cc1. The van der Waals surface area contributed by atoms with Gasteiger partial charge < -0.3 is 10.4 Å². The van der Waals surface area contributed by atoms with Crippen molar-refractivity contribution < 1.29 is 14.7 Å². The van der Waals surface area contributed by atoms with E-state index in [1.807, 2.05) is 12.1 Å². The summed E-state index contributed by atoms with van der Waals surface area (Å²) in [5.74, 6) is -1.68. The number of aliphatic carboxylic acids is 1. The zero-order chi connectivity index (χ0) is 17.5. The number of nitrogens with one attached hydrogen (secondary N) is 1. The lowest BCUT2D eigenvalue weighted by atomic mass is 10.0. The third-order valence-corrected chi connectivity index (χ3v) is 3.40. The van der Waals surface area contributed by atoms with Gasteiger partial charge in [0.05, 0.1) is 23.3 Å². The van der Waals surface area contributed by atoms with E-state index in [1.54, 1.807) is 24.3 Å². The lowest BCUT2D eigenvalue weighted by Crippen LogP contribution is -2.42. The van der Waals surface area contributed by atoms with Crippen LogP contribution in [0.3, 0.4) is 0 Å². The van der Waals surface area contributed by atoms with Crippen molar-refractivity contribution in [3.05, 3.63) is 70.8 Å². The van der Waals surface area contributed by atoms with Gasteiger partial charge in [-0.2, -0.15) is 10.5 Å². The van der Waals surface area contributed by atoms with Gasteiger partial charge in [0.1, 0.15) is 6.04 Å². The number of hydrogen-bond donors (Lipinski definition) is 2. The zero-order valence-corrected chi connectivity index (χ0v) is 12.6. The second-order valence-corrected chi connectivity index (χ2v) is 5.07. The Morgan fingerprint density at radius 2 is 1.46 bits per heavy atom. The number of nitriles is 2. The summed E-state index contributed by atoms with van der Waals surface area (Å²) in [7, 11) is 0. The molecule has 0 saturated carbocycles. The number of carbonyl (C=O) groups is 2. The Balaban J connectivity index is 2.09. The second kappa shape index (κ2) is 7.57. The van der Waals surface area contributed by atoms with Crippen LogP contribution in [0.5, 0.6) is 0 Å². The maximum absolute atomic E-state index is 12.1. The minimum absolute atomic E-state index is 0.100. The Kier molecular flexibility index (Phi) is 5.28. The van der Waals surface area contributed by atoms with Crippen molar-refractivity contribution in [2.24, 2.45) is 0 Å². The molecule has 0 unspecified atom stereocenters. The topological polar surface area (TPSA) is 114 Å². The van der Waals surface area contributed by atoms with Crippen LogP contribution in [0.15, 0.2) is 48.5 Å². The first-order chi connectivity index (χ1) is 11.5. The fourth-order valence-electron chi connectivity index (χ4n) is 2.09. The van der Waals surface area contributed by atoms with E-state index < -0.39 is 17.9 Å². The first-order valence-corrected chi connectivity index (χ1v) is 7.06. The molecule has 0 radical (unpaired) electrons. The molecule has 0 spiro atoms. The molecule has 2 aromatic rings. The maximum atomic E-state index is 12.1. The van der Waals surface area contributed by atoms with Crippen LogP contribution in [0.1, 0.15) is 27.0 Å². The van der Waals surface area contributed by atoms with Gasteiger partial charge in [0.25, 0.3) is 5.91 Å². The predicted molar refractivity (Wildman–Crippen MR) is 84.9 cm³/mol. The van der Waals surface area contributed by atoms with Crippen LogP contribution in [0.4, 0.5) is 0 Å². The summed E-state index contributed by atoms with van der Waals surface area (Å²) < 4.78 is 0. The summed E-state index contributed by atoms with van der Waals surface area (Å²) in [6.45, 7) is 0. The van der Waals surface area contributed by atoms with E-state index in [0.717, 1.165) is 0 Å². The van der Waals surface area contributed by atoms with Gasteiger partial charge in [0.2, 0.25) is 0 Å². The number of rotatable bonds is 5. The van der Waals surface area contributed by atoms with Crippen LogP contribution in [-0.2, 0) is 11.2 Å². The van der Waals surface area contributed by atoms with E-state index >= 15 is 0 Å². The summed E-state index contributed by atoms with van der Waals surface area (Å²) in [4.78, 5) is 23.5. The van der Waals surface area contributed by atoms with E-state index in [-0.39, 0.29) is 12.0 Å². The van der Waals surface area contributed by atoms with Crippen molar-refractivity contribution in [1.82, 2.24) is 5.32 Å². The summed E-state index contributed by atoms with van der Waals surface area (Å²) >= 11 is 0. The fraction of sp³-hybridized carbons (Fsp3) is 0.111. The van der Waals surface area contributed by atoms with Crippen LogP contribution in [0.25, 0.3) is 0 Å². The Labute approximate surface area is 138 Å². The number of nitrogens with zero attached hydrogens (tertiary/aromatic N) is 2. The molecule has 0 aliphatic carbocycles. The van der Waals surface area contributed by atoms with Gasteiger partial charge >= 0.3 is 5.97 Å². The van der Waals surface area contributed by atoms with Crippen molar-refractivity contribution in [2.45, 2.75) is 12.5 Å². The Morgan fingerprint density at radius 3 is 1.92 bits per heavy atom. The van der Waals surface area contributed by atoms with E-state index in [2.05, 4.69) is 5.32 Å². The third-order valence-electron chi connectivity index (χ3n) is 3.40. The molecule has 0 saturated heterocycles. The van der Waals surface area contributed by atoms with E-state index in [4.69, 9.17) is 10.5 Å². The quantitative estimate of drug-likeness (QED) is 0.873. The lowest BCUT2D eigenvalue weighted by molar-refractivity contribution is -0.139. The number of benzene rings is 2. The van der Waals surface area contributed by atoms with Crippen LogP contribution in [0, 0.1) is 22.7 Å². The highest BCUT2D eigenvalue weighted by Crippen LogP contribution is 2.08. The van der Waals surface area contributed by atoms with Gasteiger partial charge in [-0.25, -0.2) is 4.79 Å². The van der Waals surface area contributed by atoms with Crippen molar-refractivity contribution in [3.8, 4) is 12.1 Å². The van der Waals surface area contributed by atoms with Gasteiger partial charge in [-0.15, -0.1) is 0 Å². The molecule has 1 amide bonds. The molecular weight excluding hydrogens is 306 g/mol. The highest BCUT2D eigenvalue weighted by molar-refractivity contribution is 5.96. The summed E-state index contributed by atoms with van der Waals surface area (Å²) in [6, 6.07) is 15.2. The summed E-state index contributed by atoms with van der Waals surface area (Å²) in [5, 5.41) is 29.3. The van der Waals surface area contributed by atoms with Crippen molar-refractivity contribution in [3.63, 3.8) is 0 Å². The highest BCUT2D eigenvalue weighted by atomic mass is 16.4. The van der Waals surface area contributed by atoms with Crippen molar-refractivity contribution >= 4 is 11.9 Å². The van der Waals surface area contributed by atoms with Crippen LogP contribution in [-0.4, -0.2) is 23.0 Å². The molecule has 2 rings (SSSR count). The molecule has 2 aromatic carbocycles. The molecule has 0 bridgehead atoms. The molecule has 118 valence electrons. The summed E-state index contributed by atoms with van der Waals surface area (Å²) in [5.41, 5.74) is 1.87. The number of carbonyl (C=O) groups excluding carboxylic acids is 1. The maximum Gasteiger partial charge on any atom is 0.326 e. The molecule has 6 heteroatoms. The fourth-order valence-corrected chi connectivity index (χ4v) is 2.09. The van der Waals surface area contributed by atoms with Crippen molar-refractivity contribution in [2.75, 3.05) is 0 Å². The molecule has 0 aliphatic heterocycles. The molecule has 0 fully saturated rings. The standard InChI is InChI=1S/C18H13N3O3/c19-10-13-3-1-12(2-4-13)9-16(18(23)24)21-17(22)15-7-5-14(11-20)6-8-15/h1-8,16H,9H2,(H,21,22)(H,23,24)/t16-/m1/s1. The molecule has 0 aromatic heterocycles. The smallest absolute Gasteiger partial charge is 0.326 e. The second-order valence-electron chi connectivity index (χ2n) is 5.07. The minimum atomic E-state index is -1.15. The van der Waals surface area contributed by atoms with E-state index in [1.165, 1.54) is 24.3 Å². The Morgan fingerprint density at radius 1 is 0.958 bits per heavy atom. The molecule has 0 heterocycles. The number of amides is 1. The number of hydrogen-bond acceptors (Lipinski definition) is 4. The molecule has 24 heavy (non-hydrogen) atoms. The minimum Gasteiger partial charge on any atom is -0.480 e. The zero-order valence-electron chi connectivity index (χ0n) is 12.6.